The van der Waals surface area contributed by atoms with Crippen LogP contribution in [-0.2, 0) is 4.74 Å². The molecule has 0 saturated heterocycles. The summed E-state index contributed by atoms with van der Waals surface area (Å²) in [5.74, 6) is 0.222. The van der Waals surface area contributed by atoms with Gasteiger partial charge in [-0.3, -0.25) is 0 Å². The normalized spacial score (nSPS) is 10.3. The van der Waals surface area contributed by atoms with E-state index >= 15 is 0 Å². The van der Waals surface area contributed by atoms with Crippen LogP contribution in [-0.4, -0.2) is 27.8 Å². The number of ether oxygens (including phenoxy) is 1. The molecule has 0 aliphatic heterocycles. The molecule has 0 aliphatic rings. The van der Waals surface area contributed by atoms with Gasteiger partial charge in [0.1, 0.15) is 6.33 Å². The van der Waals surface area contributed by atoms with Crippen molar-refractivity contribution >= 4 is 11.5 Å². The summed E-state index contributed by atoms with van der Waals surface area (Å²) in [6.07, 6.45) is 1.59. The molecule has 5 nitrogen and oxygen atoms in total. The molecule has 0 radical (unpaired) electrons. The molecule has 0 saturated carbocycles. The number of esters is 1. The molecule has 0 bridgehead atoms. The number of carbonyl (C=O) groups is 1. The van der Waals surface area contributed by atoms with E-state index in [9.17, 15) is 4.79 Å². The van der Waals surface area contributed by atoms with Gasteiger partial charge in [0.25, 0.3) is 0 Å². The molecule has 0 unspecified atom stereocenters. The van der Waals surface area contributed by atoms with Gasteiger partial charge in [-0.2, -0.15) is 0 Å². The lowest BCUT2D eigenvalue weighted by molar-refractivity contribution is 0.0600. The van der Waals surface area contributed by atoms with Crippen LogP contribution in [0.2, 0.25) is 0 Å². The number of nitrogens with zero attached hydrogens (tertiary/aromatic N) is 3. The summed E-state index contributed by atoms with van der Waals surface area (Å²) >= 11 is 0. The first kappa shape index (κ1) is 13.0. The zero-order valence-electron chi connectivity index (χ0n) is 11.2. The Morgan fingerprint density at radius 2 is 2.16 bits per heavy atom. The Kier molecular flexibility index (Phi) is 3.46. The minimum absolute atomic E-state index is 0.361. The zero-order valence-corrected chi connectivity index (χ0v) is 11.2. The summed E-state index contributed by atoms with van der Waals surface area (Å²) in [7, 11) is 1.36. The summed E-state index contributed by atoms with van der Waals surface area (Å²) in [6.45, 7) is 7.49. The van der Waals surface area contributed by atoms with Crippen LogP contribution in [0, 0.1) is 6.92 Å². The van der Waals surface area contributed by atoms with Crippen molar-refractivity contribution in [2.75, 3.05) is 7.11 Å². The number of methoxy groups -OCH3 is 1. The second-order valence-electron chi connectivity index (χ2n) is 4.28. The molecule has 19 heavy (non-hydrogen) atoms. The lowest BCUT2D eigenvalue weighted by Crippen LogP contribution is -2.06. The maximum absolute atomic E-state index is 11.6. The summed E-state index contributed by atoms with van der Waals surface area (Å²) in [6, 6.07) is 5.46. The Bertz CT molecular complexity index is 644. The molecule has 0 N–H and O–H groups in total. The van der Waals surface area contributed by atoms with Gasteiger partial charge in [0.05, 0.1) is 18.4 Å². The van der Waals surface area contributed by atoms with Gasteiger partial charge < -0.3 is 4.74 Å². The van der Waals surface area contributed by atoms with Gasteiger partial charge >= 0.3 is 5.97 Å². The van der Waals surface area contributed by atoms with E-state index in [-0.39, 0.29) is 5.97 Å². The van der Waals surface area contributed by atoms with E-state index in [1.165, 1.54) is 7.11 Å². The molecule has 2 aromatic rings. The van der Waals surface area contributed by atoms with Gasteiger partial charge in [-0.05, 0) is 37.1 Å². The second-order valence-corrected chi connectivity index (χ2v) is 4.28. The number of rotatable bonds is 3. The van der Waals surface area contributed by atoms with Crippen LogP contribution in [0.5, 0.6) is 0 Å². The van der Waals surface area contributed by atoms with Gasteiger partial charge in [0.2, 0.25) is 0 Å². The molecule has 0 atom stereocenters. The SMILES string of the molecule is C=C(C)c1ncn(-c2ccc(C)c(C(=O)OC)c2)n1. The predicted molar refractivity (Wildman–Crippen MR) is 72.1 cm³/mol. The molecule has 0 aliphatic carbocycles. The standard InChI is InChI=1S/C14H15N3O2/c1-9(2)13-15-8-17(16-13)11-6-5-10(3)12(7-11)14(18)19-4/h5-8H,1H2,2-4H3. The number of aryl methyl sites for hydroxylation is 1. The first-order valence-electron chi connectivity index (χ1n) is 5.80. The van der Waals surface area contributed by atoms with Crippen LogP contribution in [0.25, 0.3) is 11.3 Å². The second kappa shape index (κ2) is 5.06. The summed E-state index contributed by atoms with van der Waals surface area (Å²) in [5.41, 5.74) is 2.92. The highest BCUT2D eigenvalue weighted by Gasteiger charge is 2.11. The van der Waals surface area contributed by atoms with Gasteiger partial charge in [-0.1, -0.05) is 12.6 Å². The number of carbonyl (C=O) groups excluding carboxylic acids is 1. The van der Waals surface area contributed by atoms with E-state index in [2.05, 4.69) is 16.7 Å². The fourth-order valence-electron chi connectivity index (χ4n) is 1.67. The molecule has 0 spiro atoms. The van der Waals surface area contributed by atoms with E-state index in [4.69, 9.17) is 4.74 Å². The minimum Gasteiger partial charge on any atom is -0.465 e. The largest absolute Gasteiger partial charge is 0.465 e. The topological polar surface area (TPSA) is 57.0 Å². The van der Waals surface area contributed by atoms with Crippen molar-refractivity contribution in [1.29, 1.82) is 0 Å². The van der Waals surface area contributed by atoms with E-state index in [1.54, 1.807) is 17.1 Å². The Morgan fingerprint density at radius 1 is 1.42 bits per heavy atom. The highest BCUT2D eigenvalue weighted by atomic mass is 16.5. The third-order valence-electron chi connectivity index (χ3n) is 2.76. The van der Waals surface area contributed by atoms with Crippen molar-refractivity contribution in [2.45, 2.75) is 13.8 Å². The smallest absolute Gasteiger partial charge is 0.338 e. The van der Waals surface area contributed by atoms with Crippen molar-refractivity contribution in [2.24, 2.45) is 0 Å². The molecule has 1 aromatic heterocycles. The van der Waals surface area contributed by atoms with Crippen molar-refractivity contribution in [3.05, 3.63) is 48.1 Å². The average molecular weight is 257 g/mol. The molecule has 0 amide bonds. The number of aromatic nitrogens is 3. The van der Waals surface area contributed by atoms with Crippen LogP contribution < -0.4 is 0 Å². The molecule has 2 rings (SSSR count). The Morgan fingerprint density at radius 3 is 2.74 bits per heavy atom. The van der Waals surface area contributed by atoms with Crippen molar-refractivity contribution in [3.8, 4) is 5.69 Å². The summed E-state index contributed by atoms with van der Waals surface area (Å²) in [4.78, 5) is 15.8. The molecule has 1 aromatic carbocycles. The third kappa shape index (κ3) is 2.54. The predicted octanol–water partition coefficient (Wildman–Crippen LogP) is 2.40. The number of allylic oxidation sites excluding steroid dienone is 1. The molecule has 0 fully saturated rings. The Labute approximate surface area is 111 Å². The fourth-order valence-corrected chi connectivity index (χ4v) is 1.67. The Balaban J connectivity index is 2.45. The first-order valence-corrected chi connectivity index (χ1v) is 5.80. The summed E-state index contributed by atoms with van der Waals surface area (Å²) < 4.78 is 6.36. The summed E-state index contributed by atoms with van der Waals surface area (Å²) in [5, 5.41) is 4.29. The maximum atomic E-state index is 11.6. The highest BCUT2D eigenvalue weighted by Crippen LogP contribution is 2.16. The van der Waals surface area contributed by atoms with Crippen molar-refractivity contribution in [3.63, 3.8) is 0 Å². The molecule has 98 valence electrons. The van der Waals surface area contributed by atoms with E-state index in [0.29, 0.717) is 11.4 Å². The van der Waals surface area contributed by atoms with Crippen LogP contribution in [0.15, 0.2) is 31.1 Å². The molecule has 5 heteroatoms. The fraction of sp³-hybridized carbons (Fsp3) is 0.214. The monoisotopic (exact) mass is 257 g/mol. The number of benzene rings is 1. The minimum atomic E-state index is -0.361. The Hall–Kier alpha value is -2.43. The van der Waals surface area contributed by atoms with Gasteiger partial charge in [-0.25, -0.2) is 14.5 Å². The van der Waals surface area contributed by atoms with Gasteiger partial charge in [-0.15, -0.1) is 5.10 Å². The quantitative estimate of drug-likeness (QED) is 0.792. The number of hydrogen-bond donors (Lipinski definition) is 0. The lowest BCUT2D eigenvalue weighted by atomic mass is 10.1. The van der Waals surface area contributed by atoms with Crippen LogP contribution in [0.4, 0.5) is 0 Å². The molecule has 1 heterocycles. The van der Waals surface area contributed by atoms with Crippen molar-refractivity contribution < 1.29 is 9.53 Å². The molecular weight excluding hydrogens is 242 g/mol. The van der Waals surface area contributed by atoms with E-state index in [1.807, 2.05) is 26.0 Å². The maximum Gasteiger partial charge on any atom is 0.338 e. The zero-order chi connectivity index (χ0) is 14.0. The van der Waals surface area contributed by atoms with Crippen LogP contribution >= 0.6 is 0 Å². The van der Waals surface area contributed by atoms with Gasteiger partial charge in [0.15, 0.2) is 5.82 Å². The first-order chi connectivity index (χ1) is 9.02. The highest BCUT2D eigenvalue weighted by molar-refractivity contribution is 5.91. The van der Waals surface area contributed by atoms with Gasteiger partial charge in [0, 0.05) is 0 Å². The molecular formula is C14H15N3O2. The van der Waals surface area contributed by atoms with Crippen molar-refractivity contribution in [1.82, 2.24) is 14.8 Å². The van der Waals surface area contributed by atoms with E-state index in [0.717, 1.165) is 16.8 Å². The third-order valence-corrected chi connectivity index (χ3v) is 2.76. The lowest BCUT2D eigenvalue weighted by Gasteiger charge is -2.06. The van der Waals surface area contributed by atoms with Crippen LogP contribution in [0.3, 0.4) is 0 Å². The van der Waals surface area contributed by atoms with Crippen LogP contribution in [0.1, 0.15) is 28.7 Å². The number of hydrogen-bond acceptors (Lipinski definition) is 4. The van der Waals surface area contributed by atoms with E-state index < -0.39 is 0 Å². The average Bonchev–Trinajstić information content (AvgIpc) is 2.88.